The Balaban J connectivity index is 0.00000110. The predicted octanol–water partition coefficient (Wildman–Crippen LogP) is 0.816. The standard InChI is InChI=1S/C13H23N3O2S.2ClH/c17-13(12-9-19-10-14-12)16-5-3-15(4-6-16)11-1-7-18-8-2-11;;/h11-12,14H,1-10H2;2*1H. The van der Waals surface area contributed by atoms with Gasteiger partial charge in [-0.1, -0.05) is 0 Å². The quantitative estimate of drug-likeness (QED) is 0.792. The molecule has 1 N–H and O–H groups in total. The molecule has 0 aliphatic carbocycles. The van der Waals surface area contributed by atoms with Crippen molar-refractivity contribution in [2.75, 3.05) is 51.0 Å². The van der Waals surface area contributed by atoms with Gasteiger partial charge >= 0.3 is 0 Å². The minimum absolute atomic E-state index is 0. The third kappa shape index (κ3) is 4.88. The smallest absolute Gasteiger partial charge is 0.240 e. The number of nitrogens with one attached hydrogen (secondary N) is 1. The van der Waals surface area contributed by atoms with E-state index in [1.807, 2.05) is 16.7 Å². The summed E-state index contributed by atoms with van der Waals surface area (Å²) in [5, 5.41) is 3.27. The molecule has 3 rings (SSSR count). The number of piperazine rings is 1. The van der Waals surface area contributed by atoms with Crippen molar-refractivity contribution in [2.45, 2.75) is 24.9 Å². The van der Waals surface area contributed by atoms with Gasteiger partial charge in [0.05, 0.1) is 6.04 Å². The maximum atomic E-state index is 12.3. The van der Waals surface area contributed by atoms with Gasteiger partial charge in [-0.3, -0.25) is 15.0 Å². The summed E-state index contributed by atoms with van der Waals surface area (Å²) in [4.78, 5) is 16.9. The lowest BCUT2D eigenvalue weighted by atomic mass is 10.1. The summed E-state index contributed by atoms with van der Waals surface area (Å²) in [5.74, 6) is 2.15. The molecule has 1 unspecified atom stereocenters. The number of ether oxygens (including phenoxy) is 1. The molecule has 3 heterocycles. The molecular formula is C13H25Cl2N3O2S. The first kappa shape index (κ1) is 19.3. The molecule has 0 aromatic heterocycles. The number of hydrogen-bond donors (Lipinski definition) is 1. The van der Waals surface area contributed by atoms with E-state index in [4.69, 9.17) is 4.74 Å². The average Bonchev–Trinajstić information content (AvgIpc) is 3.02. The van der Waals surface area contributed by atoms with Gasteiger partial charge < -0.3 is 9.64 Å². The summed E-state index contributed by atoms with van der Waals surface area (Å²) in [5.41, 5.74) is 0. The zero-order chi connectivity index (χ0) is 13.1. The van der Waals surface area contributed by atoms with Gasteiger partial charge in [-0.15, -0.1) is 36.6 Å². The molecule has 1 amide bonds. The molecule has 3 fully saturated rings. The molecule has 3 aliphatic rings. The van der Waals surface area contributed by atoms with Crippen molar-refractivity contribution in [3.63, 3.8) is 0 Å². The molecule has 1 atom stereocenters. The number of amides is 1. The molecule has 21 heavy (non-hydrogen) atoms. The van der Waals surface area contributed by atoms with Crippen molar-refractivity contribution in [2.24, 2.45) is 0 Å². The first-order valence-electron chi connectivity index (χ1n) is 7.26. The topological polar surface area (TPSA) is 44.8 Å². The summed E-state index contributed by atoms with van der Waals surface area (Å²) in [7, 11) is 0. The van der Waals surface area contributed by atoms with Crippen LogP contribution in [0.1, 0.15) is 12.8 Å². The molecule has 124 valence electrons. The van der Waals surface area contributed by atoms with E-state index in [1.54, 1.807) is 0 Å². The summed E-state index contributed by atoms with van der Waals surface area (Å²) >= 11 is 1.81. The van der Waals surface area contributed by atoms with Crippen LogP contribution in [0.3, 0.4) is 0 Å². The molecule has 0 aromatic rings. The molecule has 8 heteroatoms. The molecule has 5 nitrogen and oxygen atoms in total. The van der Waals surface area contributed by atoms with Crippen LogP contribution in [0.4, 0.5) is 0 Å². The van der Waals surface area contributed by atoms with Crippen molar-refractivity contribution in [1.29, 1.82) is 0 Å². The van der Waals surface area contributed by atoms with E-state index in [1.165, 1.54) is 0 Å². The zero-order valence-electron chi connectivity index (χ0n) is 12.2. The van der Waals surface area contributed by atoms with Crippen molar-refractivity contribution in [3.05, 3.63) is 0 Å². The van der Waals surface area contributed by atoms with Crippen LogP contribution in [0, 0.1) is 0 Å². The van der Waals surface area contributed by atoms with E-state index in [0.29, 0.717) is 11.9 Å². The lowest BCUT2D eigenvalue weighted by Gasteiger charge is -2.41. The fraction of sp³-hybridized carbons (Fsp3) is 0.923. The number of carbonyl (C=O) groups excluding carboxylic acids is 1. The molecule has 0 bridgehead atoms. The van der Waals surface area contributed by atoms with Gasteiger partial charge in [0.2, 0.25) is 5.91 Å². The Labute approximate surface area is 143 Å². The lowest BCUT2D eigenvalue weighted by molar-refractivity contribution is -0.135. The monoisotopic (exact) mass is 357 g/mol. The number of carbonyl (C=O) groups is 1. The second-order valence-corrected chi connectivity index (χ2v) is 6.51. The van der Waals surface area contributed by atoms with Crippen LogP contribution in [0.5, 0.6) is 0 Å². The normalized spacial score (nSPS) is 27.8. The average molecular weight is 358 g/mol. The number of halogens is 2. The predicted molar refractivity (Wildman–Crippen MR) is 90.7 cm³/mol. The fourth-order valence-electron chi connectivity index (χ4n) is 3.13. The Kier molecular flexibility index (Phi) is 8.67. The second kappa shape index (κ2) is 9.43. The Bertz CT molecular complexity index is 319. The Morgan fingerprint density at radius 1 is 1.10 bits per heavy atom. The van der Waals surface area contributed by atoms with Crippen LogP contribution in [0.25, 0.3) is 0 Å². The van der Waals surface area contributed by atoms with E-state index < -0.39 is 0 Å². The molecule has 0 radical (unpaired) electrons. The largest absolute Gasteiger partial charge is 0.381 e. The number of thioether (sulfide) groups is 1. The maximum Gasteiger partial charge on any atom is 0.240 e. The van der Waals surface area contributed by atoms with E-state index >= 15 is 0 Å². The molecular weight excluding hydrogens is 333 g/mol. The van der Waals surface area contributed by atoms with Crippen molar-refractivity contribution >= 4 is 42.5 Å². The summed E-state index contributed by atoms with van der Waals surface area (Å²) in [6.07, 6.45) is 2.30. The number of nitrogens with zero attached hydrogens (tertiary/aromatic N) is 2. The van der Waals surface area contributed by atoms with E-state index in [-0.39, 0.29) is 30.9 Å². The highest BCUT2D eigenvalue weighted by molar-refractivity contribution is 7.99. The van der Waals surface area contributed by atoms with Crippen LogP contribution in [-0.4, -0.2) is 78.8 Å². The van der Waals surface area contributed by atoms with Gasteiger partial charge in [-0.25, -0.2) is 0 Å². The van der Waals surface area contributed by atoms with Crippen LogP contribution < -0.4 is 5.32 Å². The molecule has 0 saturated carbocycles. The van der Waals surface area contributed by atoms with Crippen LogP contribution in [0.15, 0.2) is 0 Å². The van der Waals surface area contributed by atoms with Crippen molar-refractivity contribution < 1.29 is 9.53 Å². The van der Waals surface area contributed by atoms with E-state index in [2.05, 4.69) is 10.2 Å². The van der Waals surface area contributed by atoms with Crippen LogP contribution in [-0.2, 0) is 9.53 Å². The fourth-order valence-corrected chi connectivity index (χ4v) is 4.06. The van der Waals surface area contributed by atoms with Gasteiger partial charge in [0.15, 0.2) is 0 Å². The minimum atomic E-state index is 0. The Morgan fingerprint density at radius 2 is 1.76 bits per heavy atom. The summed E-state index contributed by atoms with van der Waals surface area (Å²) < 4.78 is 5.42. The van der Waals surface area contributed by atoms with Gasteiger partial charge in [0.25, 0.3) is 0 Å². The minimum Gasteiger partial charge on any atom is -0.381 e. The highest BCUT2D eigenvalue weighted by Gasteiger charge is 2.31. The van der Waals surface area contributed by atoms with Crippen LogP contribution >= 0.6 is 36.6 Å². The van der Waals surface area contributed by atoms with Gasteiger partial charge in [-0.2, -0.15) is 0 Å². The zero-order valence-corrected chi connectivity index (χ0v) is 14.6. The SMILES string of the molecule is Cl.Cl.O=C(C1CSCN1)N1CCN(C2CCOCC2)CC1. The highest BCUT2D eigenvalue weighted by Crippen LogP contribution is 2.18. The summed E-state index contributed by atoms with van der Waals surface area (Å²) in [6, 6.07) is 0.728. The lowest BCUT2D eigenvalue weighted by Crippen LogP contribution is -2.56. The number of hydrogen-bond acceptors (Lipinski definition) is 5. The first-order valence-corrected chi connectivity index (χ1v) is 8.42. The van der Waals surface area contributed by atoms with Crippen LogP contribution in [0.2, 0.25) is 0 Å². The van der Waals surface area contributed by atoms with Crippen molar-refractivity contribution in [1.82, 2.24) is 15.1 Å². The molecule has 0 aromatic carbocycles. The second-order valence-electron chi connectivity index (χ2n) is 5.48. The van der Waals surface area contributed by atoms with E-state index in [9.17, 15) is 4.79 Å². The maximum absolute atomic E-state index is 12.3. The molecule has 3 saturated heterocycles. The third-order valence-electron chi connectivity index (χ3n) is 4.35. The van der Waals surface area contributed by atoms with Gasteiger partial charge in [0, 0.05) is 57.1 Å². The Morgan fingerprint density at radius 3 is 2.33 bits per heavy atom. The third-order valence-corrected chi connectivity index (χ3v) is 5.29. The molecule has 3 aliphatic heterocycles. The Hall–Kier alpha value is 0.280. The van der Waals surface area contributed by atoms with Gasteiger partial charge in [-0.05, 0) is 12.8 Å². The highest BCUT2D eigenvalue weighted by atomic mass is 35.5. The number of rotatable bonds is 2. The first-order chi connectivity index (χ1) is 9.34. The van der Waals surface area contributed by atoms with Crippen molar-refractivity contribution in [3.8, 4) is 0 Å². The van der Waals surface area contributed by atoms with Gasteiger partial charge in [0.1, 0.15) is 0 Å². The van der Waals surface area contributed by atoms with E-state index in [0.717, 1.165) is 63.9 Å². The summed E-state index contributed by atoms with van der Waals surface area (Å²) in [6.45, 7) is 5.62. The molecule has 0 spiro atoms.